The lowest BCUT2D eigenvalue weighted by atomic mass is 10.1. The zero-order valence-corrected chi connectivity index (χ0v) is 10.3. The molecule has 1 N–H and O–H groups in total. The van der Waals surface area contributed by atoms with Gasteiger partial charge in [-0.25, -0.2) is 0 Å². The third-order valence-electron chi connectivity index (χ3n) is 3.08. The molecule has 1 amide bonds. The monoisotopic (exact) mass is 212 g/mol. The number of rotatable bonds is 7. The summed E-state index contributed by atoms with van der Waals surface area (Å²) in [5, 5.41) is 3.27. The Morgan fingerprint density at radius 2 is 2.13 bits per heavy atom. The van der Waals surface area contributed by atoms with Crippen LogP contribution in [0.5, 0.6) is 0 Å². The van der Waals surface area contributed by atoms with Gasteiger partial charge in [0.2, 0.25) is 5.91 Å². The molecule has 3 nitrogen and oxygen atoms in total. The first kappa shape index (κ1) is 12.5. The van der Waals surface area contributed by atoms with Crippen molar-refractivity contribution in [3.63, 3.8) is 0 Å². The Morgan fingerprint density at radius 3 is 2.60 bits per heavy atom. The van der Waals surface area contributed by atoms with Crippen LogP contribution in [0.4, 0.5) is 0 Å². The van der Waals surface area contributed by atoms with Crippen LogP contribution in [0.25, 0.3) is 0 Å². The van der Waals surface area contributed by atoms with Crippen LogP contribution in [0.1, 0.15) is 40.0 Å². The number of nitrogens with zero attached hydrogens (tertiary/aromatic N) is 1. The number of hydrogen-bond donors (Lipinski definition) is 1. The summed E-state index contributed by atoms with van der Waals surface area (Å²) in [6, 6.07) is 0.622. The fourth-order valence-electron chi connectivity index (χ4n) is 1.54. The van der Waals surface area contributed by atoms with Gasteiger partial charge in [-0.15, -0.1) is 0 Å². The Labute approximate surface area is 93.2 Å². The highest BCUT2D eigenvalue weighted by molar-refractivity contribution is 5.78. The molecule has 88 valence electrons. The molecule has 1 unspecified atom stereocenters. The molecule has 0 aromatic carbocycles. The minimum absolute atomic E-state index is 0.254. The first-order chi connectivity index (χ1) is 7.17. The Balaban J connectivity index is 2.24. The van der Waals surface area contributed by atoms with Gasteiger partial charge in [0.05, 0.1) is 6.54 Å². The van der Waals surface area contributed by atoms with Crippen molar-refractivity contribution in [2.24, 2.45) is 5.92 Å². The molecule has 0 aliphatic heterocycles. The summed E-state index contributed by atoms with van der Waals surface area (Å²) in [5.41, 5.74) is 0. The molecule has 3 heteroatoms. The topological polar surface area (TPSA) is 32.3 Å². The van der Waals surface area contributed by atoms with E-state index in [-0.39, 0.29) is 5.91 Å². The number of carbonyl (C=O) groups is 1. The molecule has 0 aromatic heterocycles. The Bertz CT molecular complexity index is 202. The van der Waals surface area contributed by atoms with Crippen molar-refractivity contribution >= 4 is 5.91 Å². The summed E-state index contributed by atoms with van der Waals surface area (Å²) >= 11 is 0. The lowest BCUT2D eigenvalue weighted by Gasteiger charge is -2.24. The van der Waals surface area contributed by atoms with E-state index in [1.165, 1.54) is 12.8 Å². The third kappa shape index (κ3) is 4.65. The van der Waals surface area contributed by atoms with Gasteiger partial charge in [0.25, 0.3) is 0 Å². The molecule has 0 saturated heterocycles. The summed E-state index contributed by atoms with van der Waals surface area (Å²) in [4.78, 5) is 13.8. The predicted molar refractivity (Wildman–Crippen MR) is 62.7 cm³/mol. The van der Waals surface area contributed by atoms with E-state index in [1.807, 2.05) is 4.90 Å². The van der Waals surface area contributed by atoms with E-state index in [0.717, 1.165) is 19.5 Å². The average Bonchev–Trinajstić information content (AvgIpc) is 3.05. The van der Waals surface area contributed by atoms with Crippen molar-refractivity contribution in [3.8, 4) is 0 Å². The second-order valence-corrected chi connectivity index (χ2v) is 4.60. The Morgan fingerprint density at radius 1 is 1.47 bits per heavy atom. The van der Waals surface area contributed by atoms with E-state index >= 15 is 0 Å². The number of nitrogens with one attached hydrogen (secondary N) is 1. The maximum Gasteiger partial charge on any atom is 0.236 e. The maximum absolute atomic E-state index is 11.8. The number of hydrogen-bond acceptors (Lipinski definition) is 2. The normalized spacial score (nSPS) is 17.5. The summed E-state index contributed by atoms with van der Waals surface area (Å²) in [6.45, 7) is 8.68. The highest BCUT2D eigenvalue weighted by Gasteiger charge is 2.22. The molecule has 1 saturated carbocycles. The fourth-order valence-corrected chi connectivity index (χ4v) is 1.54. The van der Waals surface area contributed by atoms with Crippen LogP contribution >= 0.6 is 0 Å². The van der Waals surface area contributed by atoms with Crippen LogP contribution in [0.3, 0.4) is 0 Å². The fraction of sp³-hybridized carbons (Fsp3) is 0.917. The number of likely N-dealkylation sites (N-methyl/N-ethyl adjacent to an activating group) is 1. The van der Waals surface area contributed by atoms with Crippen molar-refractivity contribution in [3.05, 3.63) is 0 Å². The van der Waals surface area contributed by atoms with Gasteiger partial charge in [-0.2, -0.15) is 0 Å². The van der Waals surface area contributed by atoms with Gasteiger partial charge in [-0.1, -0.05) is 20.3 Å². The van der Waals surface area contributed by atoms with Gasteiger partial charge in [0.15, 0.2) is 0 Å². The first-order valence-electron chi connectivity index (χ1n) is 6.18. The Kier molecular flexibility index (Phi) is 5.09. The van der Waals surface area contributed by atoms with Gasteiger partial charge in [0.1, 0.15) is 0 Å². The van der Waals surface area contributed by atoms with E-state index < -0.39 is 0 Å². The zero-order chi connectivity index (χ0) is 11.3. The van der Waals surface area contributed by atoms with Gasteiger partial charge in [0, 0.05) is 19.1 Å². The van der Waals surface area contributed by atoms with Crippen molar-refractivity contribution in [1.82, 2.24) is 10.2 Å². The lowest BCUT2D eigenvalue weighted by molar-refractivity contribution is -0.130. The van der Waals surface area contributed by atoms with Crippen LogP contribution < -0.4 is 5.32 Å². The smallest absolute Gasteiger partial charge is 0.236 e. The molecule has 0 radical (unpaired) electrons. The minimum Gasteiger partial charge on any atom is -0.342 e. The largest absolute Gasteiger partial charge is 0.342 e. The van der Waals surface area contributed by atoms with Crippen LogP contribution in [-0.4, -0.2) is 36.5 Å². The van der Waals surface area contributed by atoms with Crippen molar-refractivity contribution < 1.29 is 4.79 Å². The van der Waals surface area contributed by atoms with Crippen LogP contribution in [0, 0.1) is 5.92 Å². The van der Waals surface area contributed by atoms with Gasteiger partial charge in [-0.3, -0.25) is 4.79 Å². The second-order valence-electron chi connectivity index (χ2n) is 4.60. The third-order valence-corrected chi connectivity index (χ3v) is 3.08. The molecule has 1 atom stereocenters. The van der Waals surface area contributed by atoms with Crippen LogP contribution in [0.15, 0.2) is 0 Å². The molecule has 0 aromatic rings. The summed E-state index contributed by atoms with van der Waals surface area (Å²) in [5.74, 6) is 0.861. The zero-order valence-electron chi connectivity index (χ0n) is 10.3. The van der Waals surface area contributed by atoms with Crippen molar-refractivity contribution in [2.45, 2.75) is 46.1 Å². The highest BCUT2D eigenvalue weighted by atomic mass is 16.2. The minimum atomic E-state index is 0.254. The van der Waals surface area contributed by atoms with Crippen molar-refractivity contribution in [2.75, 3.05) is 19.6 Å². The molecule has 1 rings (SSSR count). The quantitative estimate of drug-likeness (QED) is 0.695. The molecule has 1 aliphatic rings. The van der Waals surface area contributed by atoms with Crippen LogP contribution in [-0.2, 0) is 4.79 Å². The second kappa shape index (κ2) is 6.11. The average molecular weight is 212 g/mol. The molecular weight excluding hydrogens is 188 g/mol. The standard InChI is InChI=1S/C12H24N2O/c1-4-10(3)9-14(5-2)12(15)8-13-11-6-7-11/h10-11,13H,4-9H2,1-3H3. The summed E-state index contributed by atoms with van der Waals surface area (Å²) < 4.78 is 0. The predicted octanol–water partition coefficient (Wildman–Crippen LogP) is 1.63. The van der Waals surface area contributed by atoms with Gasteiger partial charge >= 0.3 is 0 Å². The van der Waals surface area contributed by atoms with Gasteiger partial charge in [-0.05, 0) is 25.7 Å². The van der Waals surface area contributed by atoms with E-state index in [1.54, 1.807) is 0 Å². The van der Waals surface area contributed by atoms with Crippen LogP contribution in [0.2, 0.25) is 0 Å². The number of carbonyl (C=O) groups excluding carboxylic acids is 1. The van der Waals surface area contributed by atoms with E-state index in [4.69, 9.17) is 0 Å². The lowest BCUT2D eigenvalue weighted by Crippen LogP contribution is -2.40. The van der Waals surface area contributed by atoms with E-state index in [2.05, 4.69) is 26.1 Å². The van der Waals surface area contributed by atoms with E-state index in [0.29, 0.717) is 18.5 Å². The summed E-state index contributed by atoms with van der Waals surface area (Å²) in [6.07, 6.45) is 3.62. The molecule has 1 aliphatic carbocycles. The molecule has 0 spiro atoms. The molecular formula is C12H24N2O. The Hall–Kier alpha value is -0.570. The summed E-state index contributed by atoms with van der Waals surface area (Å²) in [7, 11) is 0. The van der Waals surface area contributed by atoms with E-state index in [9.17, 15) is 4.79 Å². The van der Waals surface area contributed by atoms with Crippen molar-refractivity contribution in [1.29, 1.82) is 0 Å². The van der Waals surface area contributed by atoms with Gasteiger partial charge < -0.3 is 10.2 Å². The SMILES string of the molecule is CCC(C)CN(CC)C(=O)CNC1CC1. The molecule has 1 fully saturated rings. The molecule has 0 bridgehead atoms. The first-order valence-corrected chi connectivity index (χ1v) is 6.18. The molecule has 15 heavy (non-hydrogen) atoms. The number of amides is 1. The highest BCUT2D eigenvalue weighted by Crippen LogP contribution is 2.18. The molecule has 0 heterocycles. The maximum atomic E-state index is 11.8.